The molecule has 23 heavy (non-hydrogen) atoms. The van der Waals surface area contributed by atoms with Gasteiger partial charge in [0.25, 0.3) is 0 Å². The zero-order chi connectivity index (χ0) is 15.4. The van der Waals surface area contributed by atoms with Crippen molar-refractivity contribution in [2.75, 3.05) is 19.6 Å². The first-order valence-electron chi connectivity index (χ1n) is 8.75. The zero-order valence-electron chi connectivity index (χ0n) is 14.1. The van der Waals surface area contributed by atoms with Crippen LogP contribution in [0.15, 0.2) is 24.3 Å². The van der Waals surface area contributed by atoms with E-state index in [0.29, 0.717) is 0 Å². The monoisotopic (exact) mass is 336 g/mol. The predicted octanol–water partition coefficient (Wildman–Crippen LogP) is 3.34. The minimum Gasteiger partial charge on any atom is -0.355 e. The lowest BCUT2D eigenvalue weighted by molar-refractivity contribution is -0.124. The Kier molecular flexibility index (Phi) is 6.49. The summed E-state index contributed by atoms with van der Waals surface area (Å²) in [6, 6.07) is 8.88. The SMILES string of the molecule is Cc1cccc(C2(CNC(=O)C3CCNC3)CCCCC2)c1.Cl. The standard InChI is InChI=1S/C19H28N2O.ClH/c1-15-6-5-7-17(12-15)19(9-3-2-4-10-19)14-21-18(22)16-8-11-20-13-16;/h5-7,12,16,20H,2-4,8-11,13-14H2,1H3,(H,21,22);1H. The lowest BCUT2D eigenvalue weighted by atomic mass is 9.69. The Bertz CT molecular complexity index is 520. The third-order valence-electron chi connectivity index (χ3n) is 5.47. The van der Waals surface area contributed by atoms with Crippen molar-refractivity contribution in [3.63, 3.8) is 0 Å². The van der Waals surface area contributed by atoms with Crippen LogP contribution in [0.2, 0.25) is 0 Å². The zero-order valence-corrected chi connectivity index (χ0v) is 14.9. The molecule has 0 bridgehead atoms. The maximum Gasteiger partial charge on any atom is 0.224 e. The van der Waals surface area contributed by atoms with Gasteiger partial charge in [-0.25, -0.2) is 0 Å². The van der Waals surface area contributed by atoms with Gasteiger partial charge in [-0.3, -0.25) is 4.79 Å². The molecule has 1 atom stereocenters. The summed E-state index contributed by atoms with van der Waals surface area (Å²) in [7, 11) is 0. The second-order valence-corrected chi connectivity index (χ2v) is 7.12. The van der Waals surface area contributed by atoms with Gasteiger partial charge in [0, 0.05) is 18.5 Å². The molecule has 1 amide bonds. The minimum absolute atomic E-state index is 0. The van der Waals surface area contributed by atoms with Crippen LogP contribution in [0, 0.1) is 12.8 Å². The quantitative estimate of drug-likeness (QED) is 0.885. The van der Waals surface area contributed by atoms with E-state index in [2.05, 4.69) is 41.8 Å². The molecule has 128 valence electrons. The summed E-state index contributed by atoms with van der Waals surface area (Å²) in [5.74, 6) is 0.403. The van der Waals surface area contributed by atoms with Crippen LogP contribution in [0.5, 0.6) is 0 Å². The minimum atomic E-state index is 0. The maximum atomic E-state index is 12.4. The molecule has 1 unspecified atom stereocenters. The van der Waals surface area contributed by atoms with Gasteiger partial charge in [-0.05, 0) is 38.3 Å². The van der Waals surface area contributed by atoms with E-state index in [1.165, 1.54) is 43.2 Å². The molecule has 2 fully saturated rings. The normalized spacial score (nSPS) is 23.1. The first-order valence-corrected chi connectivity index (χ1v) is 8.75. The first kappa shape index (κ1) is 18.3. The van der Waals surface area contributed by atoms with E-state index in [0.717, 1.165) is 26.1 Å². The van der Waals surface area contributed by atoms with Crippen molar-refractivity contribution in [3.8, 4) is 0 Å². The van der Waals surface area contributed by atoms with Crippen LogP contribution >= 0.6 is 12.4 Å². The Morgan fingerprint density at radius 1 is 1.30 bits per heavy atom. The van der Waals surface area contributed by atoms with Crippen LogP contribution < -0.4 is 10.6 Å². The van der Waals surface area contributed by atoms with Crippen LogP contribution in [-0.2, 0) is 10.2 Å². The molecule has 3 nitrogen and oxygen atoms in total. The molecule has 1 saturated carbocycles. The van der Waals surface area contributed by atoms with Crippen molar-refractivity contribution >= 4 is 18.3 Å². The summed E-state index contributed by atoms with van der Waals surface area (Å²) in [5.41, 5.74) is 2.87. The van der Waals surface area contributed by atoms with E-state index >= 15 is 0 Å². The van der Waals surface area contributed by atoms with Crippen molar-refractivity contribution in [3.05, 3.63) is 35.4 Å². The first-order chi connectivity index (χ1) is 10.7. The molecular weight excluding hydrogens is 308 g/mol. The van der Waals surface area contributed by atoms with Gasteiger partial charge in [0.2, 0.25) is 5.91 Å². The molecule has 0 spiro atoms. The molecule has 1 aromatic rings. The van der Waals surface area contributed by atoms with Crippen LogP contribution in [-0.4, -0.2) is 25.5 Å². The molecule has 2 aliphatic rings. The summed E-state index contributed by atoms with van der Waals surface area (Å²) in [6.07, 6.45) is 7.24. The largest absolute Gasteiger partial charge is 0.355 e. The van der Waals surface area contributed by atoms with Gasteiger partial charge in [-0.1, -0.05) is 49.1 Å². The number of carbonyl (C=O) groups excluding carboxylic acids is 1. The molecule has 1 aromatic carbocycles. The smallest absolute Gasteiger partial charge is 0.224 e. The third-order valence-corrected chi connectivity index (χ3v) is 5.47. The van der Waals surface area contributed by atoms with E-state index in [1.807, 2.05) is 0 Å². The summed E-state index contributed by atoms with van der Waals surface area (Å²) in [5, 5.41) is 6.55. The second-order valence-electron chi connectivity index (χ2n) is 7.12. The number of hydrogen-bond donors (Lipinski definition) is 2. The summed E-state index contributed by atoms with van der Waals surface area (Å²) < 4.78 is 0. The van der Waals surface area contributed by atoms with E-state index in [-0.39, 0.29) is 29.6 Å². The fourth-order valence-electron chi connectivity index (χ4n) is 4.05. The predicted molar refractivity (Wildman–Crippen MR) is 97.2 cm³/mol. The second kappa shape index (κ2) is 8.16. The number of nitrogens with one attached hydrogen (secondary N) is 2. The van der Waals surface area contributed by atoms with E-state index in [9.17, 15) is 4.79 Å². The Labute approximate surface area is 146 Å². The number of carbonyl (C=O) groups is 1. The molecule has 0 radical (unpaired) electrons. The molecule has 0 aromatic heterocycles. The lowest BCUT2D eigenvalue weighted by Crippen LogP contribution is -2.44. The van der Waals surface area contributed by atoms with Crippen molar-refractivity contribution in [1.29, 1.82) is 0 Å². The van der Waals surface area contributed by atoms with Gasteiger partial charge in [-0.2, -0.15) is 0 Å². The number of benzene rings is 1. The highest BCUT2D eigenvalue weighted by Crippen LogP contribution is 2.39. The molecule has 2 N–H and O–H groups in total. The van der Waals surface area contributed by atoms with Crippen LogP contribution in [0.1, 0.15) is 49.7 Å². The van der Waals surface area contributed by atoms with Crippen LogP contribution in [0.3, 0.4) is 0 Å². The average Bonchev–Trinajstić information content (AvgIpc) is 3.08. The van der Waals surface area contributed by atoms with Crippen molar-refractivity contribution < 1.29 is 4.79 Å². The summed E-state index contributed by atoms with van der Waals surface area (Å²) >= 11 is 0. The van der Waals surface area contributed by atoms with Crippen LogP contribution in [0.25, 0.3) is 0 Å². The number of rotatable bonds is 4. The number of halogens is 1. The van der Waals surface area contributed by atoms with Gasteiger partial charge >= 0.3 is 0 Å². The Balaban J connectivity index is 0.00000192. The van der Waals surface area contributed by atoms with Gasteiger partial charge < -0.3 is 10.6 Å². The van der Waals surface area contributed by atoms with Crippen molar-refractivity contribution in [2.45, 2.75) is 50.9 Å². The number of hydrogen-bond acceptors (Lipinski definition) is 2. The van der Waals surface area contributed by atoms with Gasteiger partial charge in [-0.15, -0.1) is 12.4 Å². The van der Waals surface area contributed by atoms with Gasteiger partial charge in [0.15, 0.2) is 0 Å². The van der Waals surface area contributed by atoms with E-state index < -0.39 is 0 Å². The third kappa shape index (κ3) is 4.27. The fourth-order valence-corrected chi connectivity index (χ4v) is 4.05. The topological polar surface area (TPSA) is 41.1 Å². The molecule has 1 aliphatic heterocycles. The highest BCUT2D eigenvalue weighted by Gasteiger charge is 2.35. The Hall–Kier alpha value is -1.06. The summed E-state index contributed by atoms with van der Waals surface area (Å²) in [4.78, 5) is 12.4. The van der Waals surface area contributed by atoms with Crippen molar-refractivity contribution in [1.82, 2.24) is 10.6 Å². The Morgan fingerprint density at radius 2 is 2.09 bits per heavy atom. The Morgan fingerprint density at radius 3 is 2.74 bits per heavy atom. The van der Waals surface area contributed by atoms with E-state index in [1.54, 1.807) is 0 Å². The molecule has 1 aliphatic carbocycles. The average molecular weight is 337 g/mol. The highest BCUT2D eigenvalue weighted by atomic mass is 35.5. The summed E-state index contributed by atoms with van der Waals surface area (Å²) in [6.45, 7) is 4.76. The molecule has 1 heterocycles. The molecular formula is C19H29ClN2O. The fraction of sp³-hybridized carbons (Fsp3) is 0.632. The number of aryl methyl sites for hydroxylation is 1. The van der Waals surface area contributed by atoms with Crippen molar-refractivity contribution in [2.24, 2.45) is 5.92 Å². The number of amides is 1. The highest BCUT2D eigenvalue weighted by molar-refractivity contribution is 5.85. The van der Waals surface area contributed by atoms with E-state index in [4.69, 9.17) is 0 Å². The van der Waals surface area contributed by atoms with Gasteiger partial charge in [0.1, 0.15) is 0 Å². The maximum absolute atomic E-state index is 12.4. The lowest BCUT2D eigenvalue weighted by Gasteiger charge is -2.38. The van der Waals surface area contributed by atoms with Crippen LogP contribution in [0.4, 0.5) is 0 Å². The molecule has 1 saturated heterocycles. The molecule has 3 rings (SSSR count). The van der Waals surface area contributed by atoms with Gasteiger partial charge in [0.05, 0.1) is 5.92 Å². The molecule has 4 heteroatoms.